The first-order chi connectivity index (χ1) is 6.63. The average molecular weight is 201 g/mol. The third-order valence-electron chi connectivity index (χ3n) is 2.47. The lowest BCUT2D eigenvalue weighted by Crippen LogP contribution is -2.28. The molecular weight excluding hydrogens is 182 g/mol. The van der Waals surface area contributed by atoms with Crippen molar-refractivity contribution in [3.05, 3.63) is 0 Å². The van der Waals surface area contributed by atoms with Crippen LogP contribution in [0.2, 0.25) is 0 Å². The highest BCUT2D eigenvalue weighted by Gasteiger charge is 2.29. The molecule has 0 amide bonds. The number of hydrogen-bond acceptors (Lipinski definition) is 4. The Morgan fingerprint density at radius 2 is 2.21 bits per heavy atom. The van der Waals surface area contributed by atoms with Crippen LogP contribution in [0.15, 0.2) is 0 Å². The van der Waals surface area contributed by atoms with Gasteiger partial charge in [-0.2, -0.15) is 0 Å². The number of carbonyl (C=O) groups excluding carboxylic acids is 1. The fourth-order valence-corrected chi connectivity index (χ4v) is 1.77. The van der Waals surface area contributed by atoms with Gasteiger partial charge >= 0.3 is 6.16 Å². The third-order valence-corrected chi connectivity index (χ3v) is 2.47. The number of hydrogen-bond donors (Lipinski definition) is 1. The molecule has 1 saturated carbocycles. The van der Waals surface area contributed by atoms with E-state index in [4.69, 9.17) is 15.2 Å². The Hall–Kier alpha value is -0.770. The SMILES string of the molecule is CC(C)OC(=O)OC1CCCC1CN. The van der Waals surface area contributed by atoms with E-state index in [1.807, 2.05) is 0 Å². The van der Waals surface area contributed by atoms with Crippen LogP contribution < -0.4 is 5.73 Å². The van der Waals surface area contributed by atoms with Crippen molar-refractivity contribution in [2.24, 2.45) is 11.7 Å². The Kier molecular flexibility index (Phi) is 4.20. The molecule has 0 radical (unpaired) electrons. The van der Waals surface area contributed by atoms with Crippen LogP contribution in [-0.4, -0.2) is 24.9 Å². The number of nitrogens with two attached hydrogens (primary N) is 1. The molecule has 0 heterocycles. The van der Waals surface area contributed by atoms with E-state index in [-0.39, 0.29) is 12.2 Å². The molecule has 4 heteroatoms. The third kappa shape index (κ3) is 3.18. The van der Waals surface area contributed by atoms with Crippen molar-refractivity contribution in [1.29, 1.82) is 0 Å². The Bertz CT molecular complexity index is 194. The van der Waals surface area contributed by atoms with Gasteiger partial charge in [-0.1, -0.05) is 0 Å². The normalized spacial score (nSPS) is 26.6. The molecule has 0 bridgehead atoms. The highest BCUT2D eigenvalue weighted by Crippen LogP contribution is 2.27. The molecule has 0 aromatic carbocycles. The molecule has 4 nitrogen and oxygen atoms in total. The van der Waals surface area contributed by atoms with Gasteiger partial charge in [0, 0.05) is 5.92 Å². The zero-order chi connectivity index (χ0) is 10.6. The van der Waals surface area contributed by atoms with E-state index in [0.717, 1.165) is 19.3 Å². The Morgan fingerprint density at radius 3 is 2.79 bits per heavy atom. The van der Waals surface area contributed by atoms with E-state index in [2.05, 4.69) is 0 Å². The van der Waals surface area contributed by atoms with Crippen molar-refractivity contribution in [1.82, 2.24) is 0 Å². The van der Waals surface area contributed by atoms with E-state index in [9.17, 15) is 4.79 Å². The van der Waals surface area contributed by atoms with Crippen LogP contribution in [0.5, 0.6) is 0 Å². The van der Waals surface area contributed by atoms with Gasteiger partial charge in [0.2, 0.25) is 0 Å². The Labute approximate surface area is 84.7 Å². The molecule has 14 heavy (non-hydrogen) atoms. The summed E-state index contributed by atoms with van der Waals surface area (Å²) in [5.41, 5.74) is 5.57. The minimum atomic E-state index is -0.564. The molecule has 0 aromatic rings. The lowest BCUT2D eigenvalue weighted by molar-refractivity contribution is -0.00266. The first kappa shape index (κ1) is 11.3. The van der Waals surface area contributed by atoms with Gasteiger partial charge in [0.1, 0.15) is 6.10 Å². The van der Waals surface area contributed by atoms with Crippen LogP contribution in [-0.2, 0) is 9.47 Å². The zero-order valence-corrected chi connectivity index (χ0v) is 8.86. The second-order valence-electron chi connectivity index (χ2n) is 4.00. The van der Waals surface area contributed by atoms with Crippen LogP contribution in [0, 0.1) is 5.92 Å². The van der Waals surface area contributed by atoms with Crippen LogP contribution in [0.1, 0.15) is 33.1 Å². The van der Waals surface area contributed by atoms with Crippen LogP contribution in [0.25, 0.3) is 0 Å². The minimum absolute atomic E-state index is 0.0359. The molecule has 0 aromatic heterocycles. The summed E-state index contributed by atoms with van der Waals surface area (Å²) in [4.78, 5) is 11.2. The lowest BCUT2D eigenvalue weighted by atomic mass is 10.1. The summed E-state index contributed by atoms with van der Waals surface area (Å²) < 4.78 is 10.1. The summed E-state index contributed by atoms with van der Waals surface area (Å²) in [5, 5.41) is 0. The first-order valence-corrected chi connectivity index (χ1v) is 5.20. The predicted octanol–water partition coefficient (Wildman–Crippen LogP) is 1.68. The largest absolute Gasteiger partial charge is 0.508 e. The maximum Gasteiger partial charge on any atom is 0.508 e. The second-order valence-corrected chi connectivity index (χ2v) is 4.00. The van der Waals surface area contributed by atoms with Gasteiger partial charge < -0.3 is 15.2 Å². The van der Waals surface area contributed by atoms with Crippen molar-refractivity contribution in [3.8, 4) is 0 Å². The summed E-state index contributed by atoms with van der Waals surface area (Å²) in [6.45, 7) is 4.19. The molecule has 0 saturated heterocycles. The van der Waals surface area contributed by atoms with Crippen molar-refractivity contribution in [2.45, 2.75) is 45.3 Å². The predicted molar refractivity (Wildman–Crippen MR) is 52.9 cm³/mol. The van der Waals surface area contributed by atoms with E-state index in [0.29, 0.717) is 12.5 Å². The first-order valence-electron chi connectivity index (χ1n) is 5.20. The topological polar surface area (TPSA) is 61.5 Å². The Balaban J connectivity index is 2.32. The summed E-state index contributed by atoms with van der Waals surface area (Å²) in [7, 11) is 0. The van der Waals surface area contributed by atoms with Gasteiger partial charge in [-0.05, 0) is 39.7 Å². The van der Waals surface area contributed by atoms with E-state index in [1.165, 1.54) is 0 Å². The molecule has 1 fully saturated rings. The summed E-state index contributed by atoms with van der Waals surface area (Å²) in [6.07, 6.45) is 2.32. The summed E-state index contributed by atoms with van der Waals surface area (Å²) in [6, 6.07) is 0. The molecule has 1 aliphatic rings. The second kappa shape index (κ2) is 5.20. The number of ether oxygens (including phenoxy) is 2. The lowest BCUT2D eigenvalue weighted by Gasteiger charge is -2.18. The van der Waals surface area contributed by atoms with E-state index >= 15 is 0 Å². The van der Waals surface area contributed by atoms with Gasteiger partial charge in [0.25, 0.3) is 0 Å². The van der Waals surface area contributed by atoms with Gasteiger partial charge in [-0.25, -0.2) is 4.79 Å². The molecule has 0 spiro atoms. The molecule has 2 N–H and O–H groups in total. The molecule has 2 unspecified atom stereocenters. The van der Waals surface area contributed by atoms with Gasteiger partial charge in [0.05, 0.1) is 6.10 Å². The standard InChI is InChI=1S/C10H19NO3/c1-7(2)13-10(12)14-9-5-3-4-8(9)6-11/h7-9H,3-6,11H2,1-2H3. The van der Waals surface area contributed by atoms with Gasteiger partial charge in [-0.3, -0.25) is 0 Å². The van der Waals surface area contributed by atoms with Crippen molar-refractivity contribution in [2.75, 3.05) is 6.54 Å². The molecular formula is C10H19NO3. The summed E-state index contributed by atoms with van der Waals surface area (Å²) in [5.74, 6) is 0.315. The van der Waals surface area contributed by atoms with Crippen molar-refractivity contribution in [3.63, 3.8) is 0 Å². The number of rotatable bonds is 3. The van der Waals surface area contributed by atoms with E-state index < -0.39 is 6.16 Å². The van der Waals surface area contributed by atoms with Gasteiger partial charge in [0.15, 0.2) is 0 Å². The number of carbonyl (C=O) groups is 1. The molecule has 2 atom stereocenters. The molecule has 1 aliphatic carbocycles. The smallest absolute Gasteiger partial charge is 0.432 e. The van der Waals surface area contributed by atoms with Gasteiger partial charge in [-0.15, -0.1) is 0 Å². The van der Waals surface area contributed by atoms with Crippen LogP contribution in [0.4, 0.5) is 4.79 Å². The highest BCUT2D eigenvalue weighted by molar-refractivity contribution is 5.60. The quantitative estimate of drug-likeness (QED) is 0.705. The molecule has 1 rings (SSSR count). The molecule has 82 valence electrons. The van der Waals surface area contributed by atoms with E-state index in [1.54, 1.807) is 13.8 Å². The summed E-state index contributed by atoms with van der Waals surface area (Å²) >= 11 is 0. The maximum absolute atomic E-state index is 11.2. The fraction of sp³-hybridized carbons (Fsp3) is 0.900. The van der Waals surface area contributed by atoms with Crippen LogP contribution >= 0.6 is 0 Å². The minimum Gasteiger partial charge on any atom is -0.432 e. The molecule has 0 aliphatic heterocycles. The fourth-order valence-electron chi connectivity index (χ4n) is 1.77. The Morgan fingerprint density at radius 1 is 1.50 bits per heavy atom. The average Bonchev–Trinajstić information content (AvgIpc) is 2.50. The highest BCUT2D eigenvalue weighted by atomic mass is 16.7. The van der Waals surface area contributed by atoms with Crippen LogP contribution in [0.3, 0.4) is 0 Å². The van der Waals surface area contributed by atoms with Crippen molar-refractivity contribution < 1.29 is 14.3 Å². The zero-order valence-electron chi connectivity index (χ0n) is 8.86. The van der Waals surface area contributed by atoms with Crippen molar-refractivity contribution >= 4 is 6.16 Å². The maximum atomic E-state index is 11.2. The monoisotopic (exact) mass is 201 g/mol.